The molecule has 0 atom stereocenters. The lowest BCUT2D eigenvalue weighted by molar-refractivity contribution is 0.603. The van der Waals surface area contributed by atoms with Crippen LogP contribution in [0.2, 0.25) is 0 Å². The van der Waals surface area contributed by atoms with Gasteiger partial charge in [-0.05, 0) is 19.4 Å². The van der Waals surface area contributed by atoms with Crippen molar-refractivity contribution in [1.82, 2.24) is 10.2 Å². The maximum Gasteiger partial charge on any atom is 0.148 e. The van der Waals surface area contributed by atoms with Gasteiger partial charge in [0.15, 0.2) is 0 Å². The van der Waals surface area contributed by atoms with Crippen LogP contribution in [0.3, 0.4) is 0 Å². The molecule has 1 aromatic rings. The third kappa shape index (κ3) is 3.95. The molecular formula is C10H16N4O2S2. The first-order valence-corrected chi connectivity index (χ1v) is 8.26. The molecule has 6 nitrogen and oxygen atoms in total. The van der Waals surface area contributed by atoms with Crippen LogP contribution in [0.25, 0.3) is 0 Å². The third-order valence-electron chi connectivity index (χ3n) is 2.38. The van der Waals surface area contributed by atoms with Crippen molar-refractivity contribution in [3.05, 3.63) is 16.8 Å². The summed E-state index contributed by atoms with van der Waals surface area (Å²) in [4.78, 5) is 0. The molecule has 1 rings (SSSR count). The molecular weight excluding hydrogens is 272 g/mol. The Morgan fingerprint density at radius 3 is 2.50 bits per heavy atom. The van der Waals surface area contributed by atoms with E-state index in [0.29, 0.717) is 22.0 Å². The summed E-state index contributed by atoms with van der Waals surface area (Å²) in [5, 5.41) is 16.0. The van der Waals surface area contributed by atoms with Crippen molar-refractivity contribution in [3.63, 3.8) is 0 Å². The molecule has 0 aliphatic heterocycles. The summed E-state index contributed by atoms with van der Waals surface area (Å²) in [5.74, 6) is 0.354. The van der Waals surface area contributed by atoms with Gasteiger partial charge in [-0.1, -0.05) is 0 Å². The van der Waals surface area contributed by atoms with Gasteiger partial charge in [0.25, 0.3) is 0 Å². The molecule has 0 bridgehead atoms. The molecule has 0 spiro atoms. The van der Waals surface area contributed by atoms with E-state index in [1.54, 1.807) is 6.92 Å². The van der Waals surface area contributed by atoms with Crippen molar-refractivity contribution in [2.24, 2.45) is 5.73 Å². The number of nitrogens with zero attached hydrogens (tertiary/aromatic N) is 2. The Kier molecular flexibility index (Phi) is 4.69. The highest BCUT2D eigenvalue weighted by Crippen LogP contribution is 2.23. The van der Waals surface area contributed by atoms with Crippen LogP contribution in [0.4, 0.5) is 0 Å². The van der Waals surface area contributed by atoms with Crippen LogP contribution in [-0.4, -0.2) is 42.2 Å². The lowest BCUT2D eigenvalue weighted by Crippen LogP contribution is -2.17. The summed E-state index contributed by atoms with van der Waals surface area (Å²) < 4.78 is 22.1. The Bertz CT molecular complexity index is 569. The minimum absolute atomic E-state index is 0.0591. The number of nitrogen functional groups attached to an aromatic ring is 1. The van der Waals surface area contributed by atoms with E-state index in [-0.39, 0.29) is 11.6 Å². The predicted molar refractivity (Wildman–Crippen MR) is 73.0 cm³/mol. The molecule has 1 heterocycles. The Morgan fingerprint density at radius 1 is 1.39 bits per heavy atom. The zero-order valence-corrected chi connectivity index (χ0v) is 12.2. The molecule has 8 heteroatoms. The molecule has 0 aromatic carbocycles. The fourth-order valence-corrected chi connectivity index (χ4v) is 3.54. The van der Waals surface area contributed by atoms with Crippen LogP contribution in [-0.2, 0) is 9.84 Å². The Balaban J connectivity index is 2.96. The van der Waals surface area contributed by atoms with E-state index in [1.807, 2.05) is 6.92 Å². The monoisotopic (exact) mass is 288 g/mol. The van der Waals surface area contributed by atoms with E-state index >= 15 is 0 Å². The average Bonchev–Trinajstić information content (AvgIpc) is 2.21. The van der Waals surface area contributed by atoms with Crippen LogP contribution >= 0.6 is 11.8 Å². The highest BCUT2D eigenvalue weighted by Gasteiger charge is 2.14. The second-order valence-electron chi connectivity index (χ2n) is 3.98. The predicted octanol–water partition coefficient (Wildman–Crippen LogP) is 0.514. The maximum atomic E-state index is 11.0. The fraction of sp³-hybridized carbons (Fsp3) is 0.500. The van der Waals surface area contributed by atoms with Gasteiger partial charge < -0.3 is 5.73 Å². The number of aryl methyl sites for hydroxylation is 1. The van der Waals surface area contributed by atoms with Crippen molar-refractivity contribution in [2.45, 2.75) is 18.9 Å². The molecule has 0 fully saturated rings. The number of hydrogen-bond donors (Lipinski definition) is 2. The Hall–Kier alpha value is -1.15. The highest BCUT2D eigenvalue weighted by molar-refractivity contribution is 8.00. The number of nitrogens with two attached hydrogens (primary N) is 1. The summed E-state index contributed by atoms with van der Waals surface area (Å²) in [5.41, 5.74) is 7.59. The summed E-state index contributed by atoms with van der Waals surface area (Å²) in [6, 6.07) is 0. The first kappa shape index (κ1) is 14.9. The molecule has 0 amide bonds. The fourth-order valence-electron chi connectivity index (χ4n) is 1.29. The zero-order chi connectivity index (χ0) is 13.9. The molecule has 0 saturated heterocycles. The van der Waals surface area contributed by atoms with Crippen LogP contribution in [0.15, 0.2) is 5.03 Å². The van der Waals surface area contributed by atoms with Crippen LogP contribution in [0.1, 0.15) is 16.8 Å². The van der Waals surface area contributed by atoms with Gasteiger partial charge >= 0.3 is 0 Å². The van der Waals surface area contributed by atoms with E-state index in [0.717, 1.165) is 5.56 Å². The van der Waals surface area contributed by atoms with Crippen molar-refractivity contribution < 1.29 is 8.42 Å². The molecule has 0 radical (unpaired) electrons. The summed E-state index contributed by atoms with van der Waals surface area (Å²) in [7, 11) is -3.00. The summed E-state index contributed by atoms with van der Waals surface area (Å²) in [6.45, 7) is 3.61. The minimum atomic E-state index is -3.00. The highest BCUT2D eigenvalue weighted by atomic mass is 32.2. The van der Waals surface area contributed by atoms with Crippen LogP contribution < -0.4 is 5.73 Å². The number of hydrogen-bond acceptors (Lipinski definition) is 6. The van der Waals surface area contributed by atoms with Gasteiger partial charge in [-0.2, -0.15) is 5.10 Å². The first-order chi connectivity index (χ1) is 8.22. The van der Waals surface area contributed by atoms with Gasteiger partial charge in [-0.25, -0.2) is 8.42 Å². The number of amidine groups is 1. The quantitative estimate of drug-likeness (QED) is 0.464. The maximum absolute atomic E-state index is 11.0. The van der Waals surface area contributed by atoms with E-state index < -0.39 is 9.84 Å². The number of rotatable bonds is 5. The number of nitrogens with one attached hydrogen (secondary N) is 1. The van der Waals surface area contributed by atoms with Gasteiger partial charge in [-0.15, -0.1) is 16.9 Å². The molecule has 0 unspecified atom stereocenters. The van der Waals surface area contributed by atoms with Gasteiger partial charge in [0.2, 0.25) is 0 Å². The largest absolute Gasteiger partial charge is 0.384 e. The normalized spacial score (nSPS) is 11.5. The van der Waals surface area contributed by atoms with Crippen molar-refractivity contribution in [2.75, 3.05) is 17.8 Å². The van der Waals surface area contributed by atoms with E-state index in [2.05, 4.69) is 10.2 Å². The average molecular weight is 288 g/mol. The standard InChI is InChI=1S/C10H16N4O2S2/c1-6-7(2)13-14-10(8(6)9(11)12)17-4-5-18(3,15)16/h4-5H2,1-3H3,(H3,11,12). The van der Waals surface area contributed by atoms with Crippen LogP contribution in [0, 0.1) is 19.3 Å². The Morgan fingerprint density at radius 2 is 2.00 bits per heavy atom. The second-order valence-corrected chi connectivity index (χ2v) is 7.33. The van der Waals surface area contributed by atoms with Gasteiger partial charge in [0.05, 0.1) is 17.0 Å². The van der Waals surface area contributed by atoms with Crippen LogP contribution in [0.5, 0.6) is 0 Å². The van der Waals surface area contributed by atoms with Gasteiger partial charge in [0, 0.05) is 12.0 Å². The van der Waals surface area contributed by atoms with Gasteiger partial charge in [-0.3, -0.25) is 5.41 Å². The molecule has 100 valence electrons. The molecule has 0 aliphatic rings. The first-order valence-electron chi connectivity index (χ1n) is 5.21. The summed E-state index contributed by atoms with van der Waals surface area (Å²) in [6.07, 6.45) is 1.19. The van der Waals surface area contributed by atoms with E-state index in [4.69, 9.17) is 11.1 Å². The Labute approximate surface area is 111 Å². The lowest BCUT2D eigenvalue weighted by atomic mass is 10.1. The number of thioether (sulfide) groups is 1. The summed E-state index contributed by atoms with van der Waals surface area (Å²) >= 11 is 1.25. The number of sulfone groups is 1. The van der Waals surface area contributed by atoms with Crippen molar-refractivity contribution >= 4 is 27.4 Å². The molecule has 18 heavy (non-hydrogen) atoms. The van der Waals surface area contributed by atoms with E-state index in [1.165, 1.54) is 18.0 Å². The smallest absolute Gasteiger partial charge is 0.148 e. The number of aromatic nitrogens is 2. The zero-order valence-electron chi connectivity index (χ0n) is 10.5. The molecule has 1 aromatic heterocycles. The molecule has 0 aliphatic carbocycles. The lowest BCUT2D eigenvalue weighted by Gasteiger charge is -2.10. The SMILES string of the molecule is Cc1nnc(SCCS(C)(=O)=O)c(C(=N)N)c1C. The second kappa shape index (κ2) is 5.66. The minimum Gasteiger partial charge on any atom is -0.384 e. The molecule has 0 saturated carbocycles. The van der Waals surface area contributed by atoms with Crippen molar-refractivity contribution in [3.8, 4) is 0 Å². The molecule has 3 N–H and O–H groups in total. The third-order valence-corrected chi connectivity index (χ3v) is 4.56. The topological polar surface area (TPSA) is 110 Å². The van der Waals surface area contributed by atoms with Crippen molar-refractivity contribution in [1.29, 1.82) is 5.41 Å². The van der Waals surface area contributed by atoms with Gasteiger partial charge in [0.1, 0.15) is 20.7 Å². The van der Waals surface area contributed by atoms with E-state index in [9.17, 15) is 8.42 Å².